The van der Waals surface area contributed by atoms with Gasteiger partial charge in [-0.15, -0.1) is 0 Å². The first-order valence-corrected chi connectivity index (χ1v) is 13.9. The van der Waals surface area contributed by atoms with E-state index >= 15 is 0 Å². The van der Waals surface area contributed by atoms with E-state index in [4.69, 9.17) is 34.6 Å². The molecule has 2 N–H and O–H groups in total. The fourth-order valence-corrected chi connectivity index (χ4v) is 6.04. The minimum Gasteiger partial charge on any atom is -0.493 e. The Bertz CT molecular complexity index is 1380. The summed E-state index contributed by atoms with van der Waals surface area (Å²) >= 11 is 0. The zero-order valence-electron chi connectivity index (χ0n) is 24.0. The molecule has 2 aromatic carbocycles. The number of ether oxygens (including phenoxy) is 4. The number of benzene rings is 2. The summed E-state index contributed by atoms with van der Waals surface area (Å²) in [6.07, 6.45) is 4.03. The monoisotopic (exact) mass is 549 g/mol. The molecule has 0 unspecified atom stereocenters. The molecule has 3 aromatic rings. The predicted octanol–water partition coefficient (Wildman–Crippen LogP) is 4.40. The molecule has 10 nitrogen and oxygen atoms in total. The zero-order chi connectivity index (χ0) is 28.4. The normalized spacial score (nSPS) is 18.9. The van der Waals surface area contributed by atoms with Crippen LogP contribution in [-0.2, 0) is 4.79 Å². The minimum atomic E-state index is -0.0373. The first kappa shape index (κ1) is 27.6. The van der Waals surface area contributed by atoms with Crippen molar-refractivity contribution in [3.63, 3.8) is 0 Å². The minimum absolute atomic E-state index is 0.0204. The van der Waals surface area contributed by atoms with Crippen LogP contribution in [0.25, 0.3) is 10.9 Å². The summed E-state index contributed by atoms with van der Waals surface area (Å²) in [7, 11) is 4.80. The average molecular weight is 550 g/mol. The lowest BCUT2D eigenvalue weighted by atomic mass is 9.86. The van der Waals surface area contributed by atoms with Gasteiger partial charge in [0.15, 0.2) is 29.6 Å². The van der Waals surface area contributed by atoms with Crippen LogP contribution in [-0.4, -0.2) is 73.9 Å². The van der Waals surface area contributed by atoms with Crippen molar-refractivity contribution >= 4 is 28.6 Å². The number of rotatable bonds is 8. The van der Waals surface area contributed by atoms with Gasteiger partial charge in [0.25, 0.3) is 5.91 Å². The van der Waals surface area contributed by atoms with E-state index in [0.717, 1.165) is 31.2 Å². The maximum Gasteiger partial charge on any atom is 0.260 e. The van der Waals surface area contributed by atoms with E-state index in [0.29, 0.717) is 58.8 Å². The van der Waals surface area contributed by atoms with E-state index in [1.54, 1.807) is 27.4 Å². The molecule has 1 saturated heterocycles. The Hall–Kier alpha value is -3.95. The number of nitrogens with two attached hydrogens (primary N) is 1. The second-order valence-corrected chi connectivity index (χ2v) is 10.7. The predicted molar refractivity (Wildman–Crippen MR) is 155 cm³/mol. The summed E-state index contributed by atoms with van der Waals surface area (Å²) in [5, 5.41) is 0.713. The fraction of sp³-hybridized carbons (Fsp3) is 0.500. The van der Waals surface area contributed by atoms with Gasteiger partial charge >= 0.3 is 0 Å². The molecule has 2 aliphatic rings. The van der Waals surface area contributed by atoms with Crippen LogP contribution < -0.4 is 29.6 Å². The second-order valence-electron chi connectivity index (χ2n) is 10.7. The molecule has 1 amide bonds. The number of hydrogen-bond donors (Lipinski definition) is 1. The summed E-state index contributed by atoms with van der Waals surface area (Å²) < 4.78 is 22.6. The van der Waals surface area contributed by atoms with Crippen molar-refractivity contribution in [2.75, 3.05) is 51.7 Å². The highest BCUT2D eigenvalue weighted by Gasteiger charge is 2.41. The summed E-state index contributed by atoms with van der Waals surface area (Å²) in [6.45, 7) is 5.33. The van der Waals surface area contributed by atoms with Crippen LogP contribution in [0, 0.1) is 0 Å². The molecule has 0 radical (unpaired) electrons. The van der Waals surface area contributed by atoms with Gasteiger partial charge in [0.05, 0.1) is 38.9 Å². The molecule has 0 spiro atoms. The number of hydrogen-bond acceptors (Lipinski definition) is 9. The Morgan fingerprint density at radius 1 is 0.975 bits per heavy atom. The first-order chi connectivity index (χ1) is 19.4. The number of carbonyl (C=O) groups excluding carboxylic acids is 1. The molecule has 1 saturated carbocycles. The lowest BCUT2D eigenvalue weighted by Crippen LogP contribution is -2.63. The summed E-state index contributed by atoms with van der Waals surface area (Å²) in [6, 6.07) is 9.61. The Labute approximate surface area is 235 Å². The van der Waals surface area contributed by atoms with Crippen molar-refractivity contribution < 1.29 is 23.7 Å². The van der Waals surface area contributed by atoms with E-state index < -0.39 is 0 Å². The van der Waals surface area contributed by atoms with E-state index in [-0.39, 0.29) is 30.5 Å². The third kappa shape index (κ3) is 5.14. The number of aromatic nitrogens is 2. The Kier molecular flexibility index (Phi) is 8.04. The molecule has 5 rings (SSSR count). The molecule has 1 aliphatic heterocycles. The third-order valence-corrected chi connectivity index (χ3v) is 8.06. The summed E-state index contributed by atoms with van der Waals surface area (Å²) in [5.74, 6) is 3.62. The molecule has 10 heteroatoms. The molecule has 1 aromatic heterocycles. The van der Waals surface area contributed by atoms with Crippen molar-refractivity contribution in [2.45, 2.75) is 57.5 Å². The zero-order valence-corrected chi connectivity index (χ0v) is 24.0. The SMILES string of the molecule is COc1cc2nc(N3CCN(C(=O)COc4c(OC)cccc4C(C)C)[C@H]4CCCC[C@H]43)nc(N)c2cc1OC. The molecule has 2 fully saturated rings. The van der Waals surface area contributed by atoms with Gasteiger partial charge in [0, 0.05) is 30.1 Å². The molecule has 214 valence electrons. The standard InChI is InChI=1S/C30H39N5O5/c1-18(2)19-9-8-12-24(37-3)28(19)40-17-27(36)34-13-14-35(23-11-7-6-10-22(23)34)30-32-21-16-26(39-5)25(38-4)15-20(21)29(31)33-30/h8-9,12,15-16,18,22-23H,6-7,10-11,13-14,17H2,1-5H3,(H2,31,32,33)/t22-,23+/m0/s1. The van der Waals surface area contributed by atoms with Crippen molar-refractivity contribution in [3.05, 3.63) is 35.9 Å². The lowest BCUT2D eigenvalue weighted by Gasteiger charge is -2.49. The van der Waals surface area contributed by atoms with Crippen LogP contribution in [0.3, 0.4) is 0 Å². The molecule has 1 aliphatic carbocycles. The van der Waals surface area contributed by atoms with Gasteiger partial charge in [-0.2, -0.15) is 4.98 Å². The number of para-hydroxylation sites is 1. The average Bonchev–Trinajstić information content (AvgIpc) is 2.98. The number of amides is 1. The van der Waals surface area contributed by atoms with Gasteiger partial charge in [0.2, 0.25) is 5.95 Å². The van der Waals surface area contributed by atoms with Crippen LogP contribution in [0.15, 0.2) is 30.3 Å². The summed E-state index contributed by atoms with van der Waals surface area (Å²) in [4.78, 5) is 27.4. The van der Waals surface area contributed by atoms with Crippen molar-refractivity contribution in [1.82, 2.24) is 14.9 Å². The van der Waals surface area contributed by atoms with Gasteiger partial charge in [-0.1, -0.05) is 38.8 Å². The Balaban J connectivity index is 1.38. The number of fused-ring (bicyclic) bond motifs is 2. The van der Waals surface area contributed by atoms with Crippen molar-refractivity contribution in [2.24, 2.45) is 0 Å². The molecule has 0 bridgehead atoms. The van der Waals surface area contributed by atoms with E-state index in [9.17, 15) is 4.79 Å². The van der Waals surface area contributed by atoms with E-state index in [1.807, 2.05) is 29.2 Å². The molecule has 2 atom stereocenters. The molecule has 40 heavy (non-hydrogen) atoms. The number of nitrogens with zero attached hydrogens (tertiary/aromatic N) is 4. The van der Waals surface area contributed by atoms with Crippen LogP contribution in [0.4, 0.5) is 11.8 Å². The van der Waals surface area contributed by atoms with Crippen LogP contribution in [0.2, 0.25) is 0 Å². The second kappa shape index (κ2) is 11.7. The van der Waals surface area contributed by atoms with Crippen LogP contribution >= 0.6 is 0 Å². The number of piperazine rings is 1. The van der Waals surface area contributed by atoms with Crippen LogP contribution in [0.1, 0.15) is 51.0 Å². The quantitative estimate of drug-likeness (QED) is 0.437. The van der Waals surface area contributed by atoms with E-state index in [2.05, 4.69) is 18.7 Å². The number of nitrogen functional groups attached to an aromatic ring is 1. The lowest BCUT2D eigenvalue weighted by molar-refractivity contribution is -0.137. The van der Waals surface area contributed by atoms with Crippen molar-refractivity contribution in [3.8, 4) is 23.0 Å². The van der Waals surface area contributed by atoms with Gasteiger partial charge in [0.1, 0.15) is 5.82 Å². The van der Waals surface area contributed by atoms with Gasteiger partial charge in [-0.25, -0.2) is 4.98 Å². The van der Waals surface area contributed by atoms with Crippen LogP contribution in [0.5, 0.6) is 23.0 Å². The van der Waals surface area contributed by atoms with E-state index in [1.165, 1.54) is 0 Å². The Morgan fingerprint density at radius 2 is 1.68 bits per heavy atom. The maximum atomic E-state index is 13.6. The molecular weight excluding hydrogens is 510 g/mol. The fourth-order valence-electron chi connectivity index (χ4n) is 6.04. The smallest absolute Gasteiger partial charge is 0.260 e. The third-order valence-electron chi connectivity index (χ3n) is 8.06. The highest BCUT2D eigenvalue weighted by Crippen LogP contribution is 2.38. The largest absolute Gasteiger partial charge is 0.493 e. The molecular formula is C30H39N5O5. The Morgan fingerprint density at radius 3 is 2.38 bits per heavy atom. The number of anilines is 2. The van der Waals surface area contributed by atoms with Gasteiger partial charge in [-0.05, 0) is 30.9 Å². The van der Waals surface area contributed by atoms with Gasteiger partial charge in [-0.3, -0.25) is 4.79 Å². The highest BCUT2D eigenvalue weighted by molar-refractivity contribution is 5.91. The summed E-state index contributed by atoms with van der Waals surface area (Å²) in [5.41, 5.74) is 8.12. The van der Waals surface area contributed by atoms with Crippen molar-refractivity contribution in [1.29, 1.82) is 0 Å². The number of methoxy groups -OCH3 is 3. The highest BCUT2D eigenvalue weighted by atomic mass is 16.5. The van der Waals surface area contributed by atoms with Gasteiger partial charge < -0.3 is 34.5 Å². The first-order valence-electron chi connectivity index (χ1n) is 13.9. The maximum absolute atomic E-state index is 13.6. The topological polar surface area (TPSA) is 112 Å². The molecule has 2 heterocycles. The number of carbonyl (C=O) groups is 1.